The molecule has 27 heavy (non-hydrogen) atoms. The van der Waals surface area contributed by atoms with Gasteiger partial charge < -0.3 is 14.5 Å². The van der Waals surface area contributed by atoms with Crippen molar-refractivity contribution >= 4 is 11.6 Å². The Kier molecular flexibility index (Phi) is 4.44. The fraction of sp³-hybridized carbons (Fsp3) is 0.333. The van der Waals surface area contributed by atoms with E-state index in [1.54, 1.807) is 18.2 Å². The van der Waals surface area contributed by atoms with Crippen molar-refractivity contribution in [3.05, 3.63) is 70.9 Å². The highest BCUT2D eigenvalue weighted by Gasteiger charge is 2.36. The van der Waals surface area contributed by atoms with Crippen molar-refractivity contribution < 1.29 is 13.9 Å². The number of halogens is 1. The molecule has 1 amide bonds. The minimum atomic E-state index is -0.573. The van der Waals surface area contributed by atoms with E-state index >= 15 is 0 Å². The summed E-state index contributed by atoms with van der Waals surface area (Å²) in [6.07, 6.45) is 3.14. The molecule has 4 rings (SSSR count). The highest BCUT2D eigenvalue weighted by atomic mass is 19.1. The van der Waals surface area contributed by atoms with Crippen molar-refractivity contribution in [1.29, 1.82) is 0 Å². The smallest absolute Gasteiger partial charge is 0.255 e. The second-order valence-corrected chi connectivity index (χ2v) is 7.12. The minimum absolute atomic E-state index is 0.179. The van der Waals surface area contributed by atoms with Crippen molar-refractivity contribution in [3.8, 4) is 0 Å². The van der Waals surface area contributed by atoms with Gasteiger partial charge in [0.15, 0.2) is 0 Å². The average molecular weight is 367 g/mol. The standard InChI is InChI=1S/C21H22FN3O2/c1-14-13-15(2)25-10-7-18(19(25)23-14)20(26)24-21(8-11-27-12-9-21)16-3-5-17(22)6-4-16/h3-7,10,13H,8-9,11-12H2,1-2H3,(H,24,26). The van der Waals surface area contributed by atoms with E-state index in [0.29, 0.717) is 37.3 Å². The van der Waals surface area contributed by atoms with Gasteiger partial charge in [-0.2, -0.15) is 0 Å². The fourth-order valence-electron chi connectivity index (χ4n) is 3.83. The maximum absolute atomic E-state index is 13.4. The molecule has 0 aliphatic carbocycles. The second-order valence-electron chi connectivity index (χ2n) is 7.12. The van der Waals surface area contributed by atoms with Crippen molar-refractivity contribution in [3.63, 3.8) is 0 Å². The number of ether oxygens (including phenoxy) is 1. The second kappa shape index (κ2) is 6.78. The fourth-order valence-corrected chi connectivity index (χ4v) is 3.83. The van der Waals surface area contributed by atoms with E-state index in [0.717, 1.165) is 17.0 Å². The molecule has 3 heterocycles. The Morgan fingerprint density at radius 1 is 1.19 bits per heavy atom. The molecule has 0 saturated carbocycles. The van der Waals surface area contributed by atoms with Gasteiger partial charge in [-0.15, -0.1) is 0 Å². The molecule has 5 nitrogen and oxygen atoms in total. The normalized spacial score (nSPS) is 16.4. The van der Waals surface area contributed by atoms with Gasteiger partial charge in [-0.1, -0.05) is 12.1 Å². The highest BCUT2D eigenvalue weighted by Crippen LogP contribution is 2.33. The summed E-state index contributed by atoms with van der Waals surface area (Å²) in [6.45, 7) is 5.00. The van der Waals surface area contributed by atoms with Crippen LogP contribution in [-0.4, -0.2) is 28.5 Å². The summed E-state index contributed by atoms with van der Waals surface area (Å²) in [5.74, 6) is -0.470. The van der Waals surface area contributed by atoms with Crippen molar-refractivity contribution in [1.82, 2.24) is 14.7 Å². The number of benzene rings is 1. The number of hydrogen-bond donors (Lipinski definition) is 1. The van der Waals surface area contributed by atoms with Crippen LogP contribution in [0.1, 0.15) is 40.2 Å². The van der Waals surface area contributed by atoms with E-state index < -0.39 is 5.54 Å². The number of nitrogens with zero attached hydrogens (tertiary/aromatic N) is 2. The van der Waals surface area contributed by atoms with Gasteiger partial charge >= 0.3 is 0 Å². The third-order valence-corrected chi connectivity index (χ3v) is 5.28. The Bertz CT molecular complexity index is 989. The molecule has 0 unspecified atom stereocenters. The van der Waals surface area contributed by atoms with Gasteiger partial charge in [0, 0.05) is 30.8 Å². The van der Waals surface area contributed by atoms with Gasteiger partial charge in [-0.05, 0) is 56.5 Å². The number of aryl methyl sites for hydroxylation is 2. The maximum Gasteiger partial charge on any atom is 0.255 e. The Morgan fingerprint density at radius 2 is 1.89 bits per heavy atom. The first-order valence-corrected chi connectivity index (χ1v) is 9.10. The molecule has 0 bridgehead atoms. The summed E-state index contributed by atoms with van der Waals surface area (Å²) in [6, 6.07) is 10.1. The van der Waals surface area contributed by atoms with E-state index in [9.17, 15) is 9.18 Å². The third kappa shape index (κ3) is 3.21. The van der Waals surface area contributed by atoms with Gasteiger partial charge in [0.05, 0.1) is 11.1 Å². The topological polar surface area (TPSA) is 55.6 Å². The van der Waals surface area contributed by atoms with E-state index in [4.69, 9.17) is 4.74 Å². The van der Waals surface area contributed by atoms with Gasteiger partial charge in [-0.25, -0.2) is 9.37 Å². The summed E-state index contributed by atoms with van der Waals surface area (Å²) >= 11 is 0. The summed E-state index contributed by atoms with van der Waals surface area (Å²) in [5.41, 5.74) is 3.39. The Labute approximate surface area is 157 Å². The number of amides is 1. The lowest BCUT2D eigenvalue weighted by Gasteiger charge is -2.38. The van der Waals surface area contributed by atoms with Crippen LogP contribution >= 0.6 is 0 Å². The van der Waals surface area contributed by atoms with Crippen LogP contribution in [0.3, 0.4) is 0 Å². The molecule has 1 aromatic carbocycles. The molecule has 1 fully saturated rings. The van der Waals surface area contributed by atoms with Crippen LogP contribution in [0.4, 0.5) is 4.39 Å². The van der Waals surface area contributed by atoms with Crippen molar-refractivity contribution in [2.24, 2.45) is 0 Å². The Hall–Kier alpha value is -2.73. The molecule has 6 heteroatoms. The van der Waals surface area contributed by atoms with Crippen LogP contribution in [-0.2, 0) is 10.3 Å². The predicted octanol–water partition coefficient (Wildman–Crippen LogP) is 3.53. The van der Waals surface area contributed by atoms with Gasteiger partial charge in [0.25, 0.3) is 5.91 Å². The molecule has 3 aromatic rings. The number of hydrogen-bond acceptors (Lipinski definition) is 3. The summed E-state index contributed by atoms with van der Waals surface area (Å²) in [4.78, 5) is 17.7. The quantitative estimate of drug-likeness (QED) is 0.771. The van der Waals surface area contributed by atoms with E-state index in [-0.39, 0.29) is 11.7 Å². The molecular weight excluding hydrogens is 345 g/mol. The zero-order chi connectivity index (χ0) is 19.0. The van der Waals surface area contributed by atoms with E-state index in [1.165, 1.54) is 12.1 Å². The van der Waals surface area contributed by atoms with Gasteiger partial charge in [-0.3, -0.25) is 4.79 Å². The number of fused-ring (bicyclic) bond motifs is 1. The zero-order valence-corrected chi connectivity index (χ0v) is 15.5. The first kappa shape index (κ1) is 17.7. The SMILES string of the molecule is Cc1cc(C)n2ccc(C(=O)NC3(c4ccc(F)cc4)CCOCC3)c2n1. The zero-order valence-electron chi connectivity index (χ0n) is 15.5. The van der Waals surface area contributed by atoms with E-state index in [2.05, 4.69) is 10.3 Å². The number of rotatable bonds is 3. The minimum Gasteiger partial charge on any atom is -0.381 e. The largest absolute Gasteiger partial charge is 0.381 e. The number of carbonyl (C=O) groups is 1. The Morgan fingerprint density at radius 3 is 2.59 bits per heavy atom. The van der Waals surface area contributed by atoms with Crippen molar-refractivity contribution in [2.75, 3.05) is 13.2 Å². The lowest BCUT2D eigenvalue weighted by atomic mass is 9.82. The molecule has 1 saturated heterocycles. The van der Waals surface area contributed by atoms with Crippen LogP contribution in [0.25, 0.3) is 5.65 Å². The number of nitrogens with one attached hydrogen (secondary N) is 1. The van der Waals surface area contributed by atoms with Gasteiger partial charge in [0.1, 0.15) is 11.5 Å². The molecule has 1 aliphatic rings. The molecule has 1 N–H and O–H groups in total. The van der Waals surface area contributed by atoms with Crippen LogP contribution in [0.2, 0.25) is 0 Å². The maximum atomic E-state index is 13.4. The monoisotopic (exact) mass is 367 g/mol. The van der Waals surface area contributed by atoms with Crippen LogP contribution < -0.4 is 5.32 Å². The number of carbonyl (C=O) groups excluding carboxylic acids is 1. The predicted molar refractivity (Wildman–Crippen MR) is 100 cm³/mol. The summed E-state index contributed by atoms with van der Waals surface area (Å²) in [7, 11) is 0. The molecule has 0 atom stereocenters. The number of aromatic nitrogens is 2. The molecule has 140 valence electrons. The molecule has 2 aromatic heterocycles. The lowest BCUT2D eigenvalue weighted by molar-refractivity contribution is 0.0346. The van der Waals surface area contributed by atoms with Crippen LogP contribution in [0.5, 0.6) is 0 Å². The molecule has 0 radical (unpaired) electrons. The van der Waals surface area contributed by atoms with Crippen molar-refractivity contribution in [2.45, 2.75) is 32.2 Å². The summed E-state index contributed by atoms with van der Waals surface area (Å²) in [5, 5.41) is 3.21. The Balaban J connectivity index is 1.71. The van der Waals surface area contributed by atoms with Crippen LogP contribution in [0, 0.1) is 19.7 Å². The summed E-state index contributed by atoms with van der Waals surface area (Å²) < 4.78 is 20.8. The van der Waals surface area contributed by atoms with Gasteiger partial charge in [0.2, 0.25) is 0 Å². The molecular formula is C21H22FN3O2. The molecule has 0 spiro atoms. The van der Waals surface area contributed by atoms with Crippen LogP contribution in [0.15, 0.2) is 42.6 Å². The first-order chi connectivity index (χ1) is 13.0. The molecule has 1 aliphatic heterocycles. The first-order valence-electron chi connectivity index (χ1n) is 9.10. The average Bonchev–Trinajstić information content (AvgIpc) is 3.07. The third-order valence-electron chi connectivity index (χ3n) is 5.28. The van der Waals surface area contributed by atoms with E-state index in [1.807, 2.05) is 30.5 Å². The highest BCUT2D eigenvalue weighted by molar-refractivity contribution is 6.00. The lowest BCUT2D eigenvalue weighted by Crippen LogP contribution is -2.49.